The average molecular weight is 692 g/mol. The van der Waals surface area contributed by atoms with Gasteiger partial charge in [-0.05, 0) is 104 Å². The highest BCUT2D eigenvalue weighted by atomic mass is 35.5. The summed E-state index contributed by atoms with van der Waals surface area (Å²) in [4.78, 5) is 16.3. The molecule has 5 rings (SSSR count). The van der Waals surface area contributed by atoms with Crippen molar-refractivity contribution in [3.63, 3.8) is 0 Å². The Morgan fingerprint density at radius 1 is 0.818 bits per heavy atom. The molecule has 228 valence electrons. The molecule has 1 amide bonds. The number of halogens is 4. The Morgan fingerprint density at radius 3 is 2.18 bits per heavy atom. The van der Waals surface area contributed by atoms with Crippen molar-refractivity contribution in [2.24, 2.45) is 0 Å². The second kappa shape index (κ2) is 13.3. The largest absolute Gasteiger partial charge is 0.494 e. The molecule has 0 spiro atoms. The number of benzene rings is 4. The monoisotopic (exact) mass is 690 g/mol. The van der Waals surface area contributed by atoms with Gasteiger partial charge in [-0.25, -0.2) is 13.1 Å². The molecule has 0 aliphatic carbocycles. The second-order valence-corrected chi connectivity index (χ2v) is 13.4. The quantitative estimate of drug-likeness (QED) is 0.142. The molecular weight excluding hydrogens is 666 g/mol. The van der Waals surface area contributed by atoms with Gasteiger partial charge < -0.3 is 14.5 Å². The molecular formula is C32H26Cl4N2O5S. The maximum absolute atomic E-state index is 13.4. The van der Waals surface area contributed by atoms with Gasteiger partial charge in [0.25, 0.3) is 15.9 Å². The van der Waals surface area contributed by atoms with Crippen LogP contribution in [0.3, 0.4) is 0 Å². The molecule has 0 aliphatic heterocycles. The highest BCUT2D eigenvalue weighted by Crippen LogP contribution is 2.31. The minimum Gasteiger partial charge on any atom is -0.494 e. The number of sulfonamides is 1. The van der Waals surface area contributed by atoms with Crippen LogP contribution >= 0.6 is 46.4 Å². The Labute approximate surface area is 275 Å². The smallest absolute Gasteiger partial charge is 0.281 e. The van der Waals surface area contributed by atoms with E-state index in [2.05, 4.69) is 9.71 Å². The summed E-state index contributed by atoms with van der Waals surface area (Å²) in [6.07, 6.45) is 1.00. The van der Waals surface area contributed by atoms with Gasteiger partial charge in [0.2, 0.25) is 0 Å². The molecule has 2 N–H and O–H groups in total. The molecule has 0 unspecified atom stereocenters. The lowest BCUT2D eigenvalue weighted by molar-refractivity contribution is 0.0976. The van der Waals surface area contributed by atoms with E-state index >= 15 is 0 Å². The summed E-state index contributed by atoms with van der Waals surface area (Å²) >= 11 is 24.4. The van der Waals surface area contributed by atoms with Gasteiger partial charge in [0, 0.05) is 27.0 Å². The lowest BCUT2D eigenvalue weighted by atomic mass is 10.1. The van der Waals surface area contributed by atoms with Crippen LogP contribution in [0.2, 0.25) is 20.1 Å². The molecule has 0 aliphatic rings. The van der Waals surface area contributed by atoms with Crippen LogP contribution in [0.25, 0.3) is 10.9 Å². The number of aromatic nitrogens is 1. The third kappa shape index (κ3) is 7.28. The van der Waals surface area contributed by atoms with Crippen LogP contribution in [0.15, 0.2) is 77.7 Å². The summed E-state index contributed by atoms with van der Waals surface area (Å²) < 4.78 is 40.2. The van der Waals surface area contributed by atoms with Crippen LogP contribution in [0.1, 0.15) is 33.6 Å². The first-order valence-corrected chi connectivity index (χ1v) is 16.4. The van der Waals surface area contributed by atoms with E-state index in [0.29, 0.717) is 67.9 Å². The molecule has 0 bridgehead atoms. The molecule has 0 saturated carbocycles. The predicted octanol–water partition coefficient (Wildman–Crippen LogP) is 9.32. The fourth-order valence-corrected chi connectivity index (χ4v) is 6.23. The number of ether oxygens (including phenoxy) is 2. The van der Waals surface area contributed by atoms with E-state index in [1.807, 2.05) is 26.0 Å². The van der Waals surface area contributed by atoms with E-state index in [9.17, 15) is 13.2 Å². The first kappa shape index (κ1) is 32.0. The molecule has 7 nitrogen and oxygen atoms in total. The standard InChI is InChI=1S/C32H26Cl4N2O5S/c1-18-14-23(15-19(2)30(18)36)42-13-3-4-26-25-11-5-20(33)16-29(25)37-31(26)32(39)38-44(40,41)24-9-6-21(7-10-24)43-22-8-12-27(34)28(35)17-22/h5-12,14-17,37H,3-4,13H2,1-2H3,(H,38,39). The normalized spacial score (nSPS) is 11.5. The highest BCUT2D eigenvalue weighted by molar-refractivity contribution is 7.90. The van der Waals surface area contributed by atoms with Crippen molar-refractivity contribution in [2.45, 2.75) is 31.6 Å². The van der Waals surface area contributed by atoms with Crippen molar-refractivity contribution in [3.8, 4) is 17.2 Å². The van der Waals surface area contributed by atoms with Gasteiger partial charge in [-0.2, -0.15) is 0 Å². The molecule has 0 fully saturated rings. The van der Waals surface area contributed by atoms with E-state index in [-0.39, 0.29) is 10.6 Å². The van der Waals surface area contributed by atoms with Crippen molar-refractivity contribution >= 4 is 73.2 Å². The minimum atomic E-state index is -4.22. The van der Waals surface area contributed by atoms with Crippen LogP contribution < -0.4 is 14.2 Å². The number of H-pyrrole nitrogens is 1. The Balaban J connectivity index is 1.31. The van der Waals surface area contributed by atoms with E-state index in [1.54, 1.807) is 36.4 Å². The Hall–Kier alpha value is -3.40. The fraction of sp³-hybridized carbons (Fsp3) is 0.156. The molecule has 0 radical (unpaired) electrons. The lowest BCUT2D eigenvalue weighted by Crippen LogP contribution is -2.31. The van der Waals surface area contributed by atoms with E-state index in [1.165, 1.54) is 24.3 Å². The van der Waals surface area contributed by atoms with Crippen molar-refractivity contribution in [3.05, 3.63) is 115 Å². The Kier molecular flexibility index (Phi) is 9.68. The minimum absolute atomic E-state index is 0.116. The predicted molar refractivity (Wildman–Crippen MR) is 176 cm³/mol. The van der Waals surface area contributed by atoms with Crippen molar-refractivity contribution < 1.29 is 22.7 Å². The zero-order chi connectivity index (χ0) is 31.6. The van der Waals surface area contributed by atoms with E-state index in [0.717, 1.165) is 16.5 Å². The zero-order valence-electron chi connectivity index (χ0n) is 23.5. The third-order valence-electron chi connectivity index (χ3n) is 6.83. The summed E-state index contributed by atoms with van der Waals surface area (Å²) in [5.74, 6) is 0.703. The van der Waals surface area contributed by atoms with Crippen molar-refractivity contribution in [1.82, 2.24) is 9.71 Å². The van der Waals surface area contributed by atoms with Crippen molar-refractivity contribution in [2.75, 3.05) is 6.61 Å². The Bertz CT molecular complexity index is 1950. The van der Waals surface area contributed by atoms with Gasteiger partial charge in [-0.3, -0.25) is 4.79 Å². The second-order valence-electron chi connectivity index (χ2n) is 10.1. The van der Waals surface area contributed by atoms with E-state index in [4.69, 9.17) is 55.9 Å². The summed E-state index contributed by atoms with van der Waals surface area (Å²) in [6, 6.07) is 19.4. The molecule has 44 heavy (non-hydrogen) atoms. The number of amides is 1. The number of aromatic amines is 1. The maximum Gasteiger partial charge on any atom is 0.281 e. The molecule has 12 heteroatoms. The van der Waals surface area contributed by atoms with Crippen LogP contribution in [0.4, 0.5) is 0 Å². The van der Waals surface area contributed by atoms with Gasteiger partial charge in [0.1, 0.15) is 22.9 Å². The van der Waals surface area contributed by atoms with Gasteiger partial charge in [0.15, 0.2) is 0 Å². The van der Waals surface area contributed by atoms with E-state index < -0.39 is 15.9 Å². The average Bonchev–Trinajstić information content (AvgIpc) is 3.33. The number of aryl methyl sites for hydroxylation is 3. The number of nitrogens with one attached hydrogen (secondary N) is 2. The van der Waals surface area contributed by atoms with Gasteiger partial charge in [0.05, 0.1) is 21.5 Å². The first-order chi connectivity index (χ1) is 20.9. The number of hydrogen-bond donors (Lipinski definition) is 2. The molecule has 0 saturated heterocycles. The van der Waals surface area contributed by atoms with Crippen LogP contribution in [-0.4, -0.2) is 25.9 Å². The summed E-state index contributed by atoms with van der Waals surface area (Å²) in [6.45, 7) is 4.20. The van der Waals surface area contributed by atoms with Gasteiger partial charge >= 0.3 is 0 Å². The maximum atomic E-state index is 13.4. The number of carbonyl (C=O) groups excluding carboxylic acids is 1. The van der Waals surface area contributed by atoms with Crippen LogP contribution in [-0.2, 0) is 16.4 Å². The van der Waals surface area contributed by atoms with Crippen molar-refractivity contribution in [1.29, 1.82) is 0 Å². The fourth-order valence-electron chi connectivity index (χ4n) is 4.71. The number of hydrogen-bond acceptors (Lipinski definition) is 5. The molecule has 4 aromatic carbocycles. The first-order valence-electron chi connectivity index (χ1n) is 13.4. The van der Waals surface area contributed by atoms with Crippen LogP contribution in [0, 0.1) is 13.8 Å². The lowest BCUT2D eigenvalue weighted by Gasteiger charge is -2.11. The molecule has 1 heterocycles. The SMILES string of the molecule is Cc1cc(OCCCc2c(C(=O)NS(=O)(=O)c3ccc(Oc4ccc(Cl)c(Cl)c4)cc3)[nH]c3cc(Cl)ccc23)cc(C)c1Cl. The molecule has 5 aromatic rings. The summed E-state index contributed by atoms with van der Waals surface area (Å²) in [7, 11) is -4.22. The topological polar surface area (TPSA) is 97.5 Å². The zero-order valence-corrected chi connectivity index (χ0v) is 27.4. The van der Waals surface area contributed by atoms with Gasteiger partial charge in [-0.15, -0.1) is 0 Å². The number of rotatable bonds is 10. The Morgan fingerprint density at radius 2 is 1.50 bits per heavy atom. The summed E-state index contributed by atoms with van der Waals surface area (Å²) in [5.41, 5.74) is 3.24. The number of fused-ring (bicyclic) bond motifs is 1. The number of carbonyl (C=O) groups is 1. The molecule has 0 atom stereocenters. The van der Waals surface area contributed by atoms with Crippen LogP contribution in [0.5, 0.6) is 17.2 Å². The third-order valence-corrected chi connectivity index (χ3v) is 9.75. The van der Waals surface area contributed by atoms with Gasteiger partial charge in [-0.1, -0.05) is 52.5 Å². The summed E-state index contributed by atoms with van der Waals surface area (Å²) in [5, 5.41) is 2.65. The highest BCUT2D eigenvalue weighted by Gasteiger charge is 2.24. The molecule has 1 aromatic heterocycles.